The fourth-order valence-corrected chi connectivity index (χ4v) is 2.23. The van der Waals surface area contributed by atoms with Crippen molar-refractivity contribution < 1.29 is 5.11 Å². The van der Waals surface area contributed by atoms with Crippen molar-refractivity contribution in [1.82, 2.24) is 0 Å². The number of phenolic OH excluding ortho intramolecular Hbond substituents is 1. The first-order valence-electron chi connectivity index (χ1n) is 5.27. The van der Waals surface area contributed by atoms with Gasteiger partial charge in [0.25, 0.3) is 0 Å². The number of hydrogen-bond donors (Lipinski definition) is 2. The van der Waals surface area contributed by atoms with Crippen molar-refractivity contribution in [1.29, 1.82) is 0 Å². The molecule has 0 aliphatic heterocycles. The van der Waals surface area contributed by atoms with E-state index < -0.39 is 0 Å². The number of aromatic hydroxyl groups is 1. The Kier molecular flexibility index (Phi) is 2.77. The van der Waals surface area contributed by atoms with Crippen LogP contribution in [0.2, 0.25) is 0 Å². The molecular formula is C12H16BrNO. The summed E-state index contributed by atoms with van der Waals surface area (Å²) in [4.78, 5) is 0. The van der Waals surface area contributed by atoms with E-state index in [-0.39, 0.29) is 5.54 Å². The summed E-state index contributed by atoms with van der Waals surface area (Å²) in [7, 11) is 0. The maximum Gasteiger partial charge on any atom is 0.116 e. The van der Waals surface area contributed by atoms with Gasteiger partial charge in [0.05, 0.1) is 0 Å². The van der Waals surface area contributed by atoms with Gasteiger partial charge in [-0.05, 0) is 55.9 Å². The molecule has 2 rings (SSSR count). The molecular weight excluding hydrogens is 254 g/mol. The number of rotatable bonds is 3. The first kappa shape index (κ1) is 11.0. The first-order valence-corrected chi connectivity index (χ1v) is 6.06. The van der Waals surface area contributed by atoms with Crippen LogP contribution in [0.15, 0.2) is 16.6 Å². The van der Waals surface area contributed by atoms with Crippen LogP contribution in [0.5, 0.6) is 5.75 Å². The molecule has 1 fully saturated rings. The van der Waals surface area contributed by atoms with Gasteiger partial charge in [-0.2, -0.15) is 0 Å². The molecule has 0 bridgehead atoms. The number of phenols is 1. The molecule has 0 aromatic heterocycles. The summed E-state index contributed by atoms with van der Waals surface area (Å²) in [6.45, 7) is 1.99. The molecule has 0 radical (unpaired) electrons. The highest BCUT2D eigenvalue weighted by molar-refractivity contribution is 9.10. The van der Waals surface area contributed by atoms with Crippen molar-refractivity contribution in [2.75, 3.05) is 0 Å². The van der Waals surface area contributed by atoms with E-state index in [9.17, 15) is 5.11 Å². The Bertz CT molecular complexity index is 385. The van der Waals surface area contributed by atoms with Gasteiger partial charge in [0.1, 0.15) is 5.75 Å². The predicted molar refractivity (Wildman–Crippen MR) is 65.0 cm³/mol. The van der Waals surface area contributed by atoms with E-state index in [1.807, 2.05) is 13.0 Å². The Morgan fingerprint density at radius 2 is 2.13 bits per heavy atom. The maximum absolute atomic E-state index is 9.51. The minimum atomic E-state index is 0.0821. The van der Waals surface area contributed by atoms with Crippen LogP contribution >= 0.6 is 15.9 Å². The van der Waals surface area contributed by atoms with Gasteiger partial charge >= 0.3 is 0 Å². The largest absolute Gasteiger partial charge is 0.508 e. The lowest BCUT2D eigenvalue weighted by Gasteiger charge is -2.11. The molecule has 0 saturated heterocycles. The summed E-state index contributed by atoms with van der Waals surface area (Å²) in [6, 6.07) is 3.59. The molecule has 1 aromatic rings. The zero-order valence-corrected chi connectivity index (χ0v) is 10.5. The smallest absolute Gasteiger partial charge is 0.116 e. The Hall–Kier alpha value is -0.540. The van der Waals surface area contributed by atoms with Gasteiger partial charge in [0.2, 0.25) is 0 Å². The molecule has 1 aliphatic rings. The minimum Gasteiger partial charge on any atom is -0.508 e. The molecule has 3 N–H and O–H groups in total. The highest BCUT2D eigenvalue weighted by Gasteiger charge is 2.37. The Labute approximate surface area is 98.6 Å². The monoisotopic (exact) mass is 269 g/mol. The SMILES string of the molecule is Cc1cc(O)cc(CCC2(N)CC2)c1Br. The quantitative estimate of drug-likeness (QED) is 0.887. The third-order valence-electron chi connectivity index (χ3n) is 3.10. The molecule has 2 nitrogen and oxygen atoms in total. The molecule has 0 spiro atoms. The van der Waals surface area contributed by atoms with Crippen LogP contribution in [0.3, 0.4) is 0 Å². The standard InChI is InChI=1S/C12H16BrNO/c1-8-6-10(15)7-9(11(8)13)2-3-12(14)4-5-12/h6-7,15H,2-5,14H2,1H3. The van der Waals surface area contributed by atoms with Crippen molar-refractivity contribution >= 4 is 15.9 Å². The van der Waals surface area contributed by atoms with E-state index in [0.29, 0.717) is 5.75 Å². The first-order chi connectivity index (χ1) is 7.00. The van der Waals surface area contributed by atoms with Gasteiger partial charge in [-0.1, -0.05) is 15.9 Å². The van der Waals surface area contributed by atoms with Gasteiger partial charge < -0.3 is 10.8 Å². The fourth-order valence-electron chi connectivity index (χ4n) is 1.80. The number of hydrogen-bond acceptors (Lipinski definition) is 2. The molecule has 1 saturated carbocycles. The van der Waals surface area contributed by atoms with Crippen molar-refractivity contribution in [3.8, 4) is 5.75 Å². The fraction of sp³-hybridized carbons (Fsp3) is 0.500. The molecule has 3 heteroatoms. The van der Waals surface area contributed by atoms with Crippen LogP contribution in [0, 0.1) is 6.92 Å². The number of nitrogens with two attached hydrogens (primary N) is 1. The third kappa shape index (κ3) is 2.52. The summed E-state index contributed by atoms with van der Waals surface area (Å²) in [6.07, 6.45) is 4.23. The van der Waals surface area contributed by atoms with Crippen LogP contribution < -0.4 is 5.73 Å². The Balaban J connectivity index is 2.13. The molecule has 1 aromatic carbocycles. The number of aryl methyl sites for hydroxylation is 2. The second-order valence-corrected chi connectivity index (χ2v) is 5.39. The Morgan fingerprint density at radius 1 is 1.47 bits per heavy atom. The summed E-state index contributed by atoms with van der Waals surface area (Å²) >= 11 is 3.55. The lowest BCUT2D eigenvalue weighted by molar-refractivity contribution is 0.473. The summed E-state index contributed by atoms with van der Waals surface area (Å²) in [5.74, 6) is 0.340. The molecule has 0 unspecified atom stereocenters. The zero-order chi connectivity index (χ0) is 11.1. The lowest BCUT2D eigenvalue weighted by Crippen LogP contribution is -2.22. The van der Waals surface area contributed by atoms with Crippen LogP contribution in [0.4, 0.5) is 0 Å². The lowest BCUT2D eigenvalue weighted by atomic mass is 10.0. The van der Waals surface area contributed by atoms with Gasteiger partial charge in [-0.15, -0.1) is 0 Å². The minimum absolute atomic E-state index is 0.0821. The van der Waals surface area contributed by atoms with E-state index in [4.69, 9.17) is 5.73 Å². The van der Waals surface area contributed by atoms with Gasteiger partial charge in [0.15, 0.2) is 0 Å². The van der Waals surface area contributed by atoms with E-state index in [1.54, 1.807) is 6.07 Å². The van der Waals surface area contributed by atoms with Crippen molar-refractivity contribution in [2.24, 2.45) is 5.73 Å². The second kappa shape index (κ2) is 3.80. The summed E-state index contributed by atoms with van der Waals surface area (Å²) < 4.78 is 1.10. The summed E-state index contributed by atoms with van der Waals surface area (Å²) in [5, 5.41) is 9.51. The predicted octanol–water partition coefficient (Wildman–Crippen LogP) is 2.89. The zero-order valence-electron chi connectivity index (χ0n) is 8.89. The van der Waals surface area contributed by atoms with E-state index in [1.165, 1.54) is 0 Å². The molecule has 82 valence electrons. The molecule has 0 amide bonds. The molecule has 0 heterocycles. The van der Waals surface area contributed by atoms with Crippen LogP contribution in [-0.2, 0) is 6.42 Å². The van der Waals surface area contributed by atoms with Gasteiger partial charge in [0, 0.05) is 10.0 Å². The average Bonchev–Trinajstić information content (AvgIpc) is 2.88. The normalized spacial score (nSPS) is 17.8. The van der Waals surface area contributed by atoms with Crippen molar-refractivity contribution in [3.63, 3.8) is 0 Å². The number of halogens is 1. The van der Waals surface area contributed by atoms with Gasteiger partial charge in [-0.25, -0.2) is 0 Å². The van der Waals surface area contributed by atoms with Gasteiger partial charge in [-0.3, -0.25) is 0 Å². The topological polar surface area (TPSA) is 46.2 Å². The van der Waals surface area contributed by atoms with Crippen LogP contribution in [0.25, 0.3) is 0 Å². The molecule has 0 atom stereocenters. The molecule has 15 heavy (non-hydrogen) atoms. The van der Waals surface area contributed by atoms with Crippen LogP contribution in [0.1, 0.15) is 30.4 Å². The summed E-state index contributed by atoms with van der Waals surface area (Å²) in [5.41, 5.74) is 8.36. The average molecular weight is 270 g/mol. The van der Waals surface area contributed by atoms with E-state index in [2.05, 4.69) is 15.9 Å². The third-order valence-corrected chi connectivity index (χ3v) is 4.23. The maximum atomic E-state index is 9.51. The van der Waals surface area contributed by atoms with Crippen LogP contribution in [-0.4, -0.2) is 10.6 Å². The molecule has 1 aliphatic carbocycles. The van der Waals surface area contributed by atoms with E-state index >= 15 is 0 Å². The van der Waals surface area contributed by atoms with E-state index in [0.717, 1.165) is 41.3 Å². The highest BCUT2D eigenvalue weighted by Crippen LogP contribution is 2.38. The van der Waals surface area contributed by atoms with Crippen molar-refractivity contribution in [2.45, 2.75) is 38.1 Å². The number of benzene rings is 1. The second-order valence-electron chi connectivity index (χ2n) is 4.60. The highest BCUT2D eigenvalue weighted by atomic mass is 79.9. The Morgan fingerprint density at radius 3 is 2.73 bits per heavy atom. The van der Waals surface area contributed by atoms with Crippen molar-refractivity contribution in [3.05, 3.63) is 27.7 Å².